The summed E-state index contributed by atoms with van der Waals surface area (Å²) in [5.41, 5.74) is 8.74. The largest absolute Gasteiger partial charge is 0.380 e. The molecule has 0 radical (unpaired) electrons. The van der Waals surface area contributed by atoms with Gasteiger partial charge in [0.1, 0.15) is 0 Å². The zero-order chi connectivity index (χ0) is 13.7. The molecule has 2 atom stereocenters. The van der Waals surface area contributed by atoms with E-state index in [-0.39, 0.29) is 0 Å². The summed E-state index contributed by atoms with van der Waals surface area (Å²) in [5, 5.41) is 0. The van der Waals surface area contributed by atoms with Crippen molar-refractivity contribution in [2.75, 3.05) is 20.2 Å². The number of nitrogens with two attached hydrogens (primary N) is 1. The lowest BCUT2D eigenvalue weighted by Gasteiger charge is -2.35. The second kappa shape index (κ2) is 7.04. The topological polar surface area (TPSA) is 38.5 Å². The van der Waals surface area contributed by atoms with Crippen molar-refractivity contribution in [3.05, 3.63) is 35.4 Å². The van der Waals surface area contributed by atoms with E-state index in [9.17, 15) is 0 Å². The summed E-state index contributed by atoms with van der Waals surface area (Å²) in [6.45, 7) is 6.15. The van der Waals surface area contributed by atoms with Gasteiger partial charge in [-0.2, -0.15) is 0 Å². The first kappa shape index (κ1) is 14.5. The Morgan fingerprint density at radius 2 is 2.11 bits per heavy atom. The molecule has 1 aliphatic heterocycles. The van der Waals surface area contributed by atoms with Crippen LogP contribution in [-0.2, 0) is 17.9 Å². The van der Waals surface area contributed by atoms with Crippen LogP contribution in [0.15, 0.2) is 24.3 Å². The van der Waals surface area contributed by atoms with Gasteiger partial charge in [-0.3, -0.25) is 4.90 Å². The molecule has 3 nitrogen and oxygen atoms in total. The van der Waals surface area contributed by atoms with Crippen LogP contribution in [0.1, 0.15) is 30.9 Å². The third-order valence-electron chi connectivity index (χ3n) is 4.10. The minimum atomic E-state index is 0.303. The Kier molecular flexibility index (Phi) is 5.37. The molecule has 2 N–H and O–H groups in total. The van der Waals surface area contributed by atoms with Gasteiger partial charge in [-0.05, 0) is 43.4 Å². The van der Waals surface area contributed by atoms with E-state index < -0.39 is 0 Å². The maximum absolute atomic E-state index is 6.05. The second-order valence-electron chi connectivity index (χ2n) is 5.70. The van der Waals surface area contributed by atoms with Gasteiger partial charge in [-0.25, -0.2) is 0 Å². The van der Waals surface area contributed by atoms with Gasteiger partial charge in [0.2, 0.25) is 0 Å². The molecule has 0 aliphatic carbocycles. The van der Waals surface area contributed by atoms with E-state index in [1.807, 2.05) is 0 Å². The fraction of sp³-hybridized carbons (Fsp3) is 0.625. The van der Waals surface area contributed by atoms with E-state index in [1.165, 1.54) is 30.5 Å². The zero-order valence-corrected chi connectivity index (χ0v) is 12.1. The predicted molar refractivity (Wildman–Crippen MR) is 78.8 cm³/mol. The average Bonchev–Trinajstić information content (AvgIpc) is 2.41. The van der Waals surface area contributed by atoms with Crippen LogP contribution < -0.4 is 5.73 Å². The van der Waals surface area contributed by atoms with Crippen molar-refractivity contribution >= 4 is 0 Å². The Morgan fingerprint density at radius 1 is 1.37 bits per heavy atom. The number of benzene rings is 1. The van der Waals surface area contributed by atoms with Crippen molar-refractivity contribution in [2.24, 2.45) is 11.7 Å². The fourth-order valence-electron chi connectivity index (χ4n) is 2.91. The summed E-state index contributed by atoms with van der Waals surface area (Å²) >= 11 is 0. The van der Waals surface area contributed by atoms with Gasteiger partial charge in [0, 0.05) is 26.2 Å². The summed E-state index contributed by atoms with van der Waals surface area (Å²) in [7, 11) is 1.75. The van der Waals surface area contributed by atoms with Crippen LogP contribution in [0.25, 0.3) is 0 Å². The maximum atomic E-state index is 6.05. The molecule has 19 heavy (non-hydrogen) atoms. The van der Waals surface area contributed by atoms with Gasteiger partial charge in [0.05, 0.1) is 6.61 Å². The van der Waals surface area contributed by atoms with Crippen molar-refractivity contribution in [2.45, 2.75) is 39.0 Å². The number of piperidine rings is 1. The highest BCUT2D eigenvalue weighted by Gasteiger charge is 2.22. The number of hydrogen-bond acceptors (Lipinski definition) is 3. The molecule has 3 heteroatoms. The number of methoxy groups -OCH3 is 1. The molecule has 1 heterocycles. The molecule has 0 bridgehead atoms. The molecule has 0 aromatic heterocycles. The average molecular weight is 262 g/mol. The van der Waals surface area contributed by atoms with Gasteiger partial charge >= 0.3 is 0 Å². The number of nitrogens with zero attached hydrogens (tertiary/aromatic N) is 1. The molecule has 1 aromatic carbocycles. The lowest BCUT2D eigenvalue weighted by Crippen LogP contribution is -2.42. The Hall–Kier alpha value is -0.900. The van der Waals surface area contributed by atoms with Crippen molar-refractivity contribution in [3.8, 4) is 0 Å². The van der Waals surface area contributed by atoms with Crippen LogP contribution in [0.2, 0.25) is 0 Å². The Bertz CT molecular complexity index is 392. The summed E-state index contributed by atoms with van der Waals surface area (Å²) in [4.78, 5) is 2.53. The number of hydrogen-bond donors (Lipinski definition) is 1. The van der Waals surface area contributed by atoms with E-state index in [0.29, 0.717) is 18.6 Å². The fourth-order valence-corrected chi connectivity index (χ4v) is 2.91. The molecule has 1 aliphatic rings. The standard InChI is InChI=1S/C16H26N2O/c1-13(17)14-8-5-9-18(10-14)11-15-6-3-4-7-16(15)12-19-2/h3-4,6-7,13-14H,5,8-12,17H2,1-2H3. The van der Waals surface area contributed by atoms with Gasteiger partial charge in [-0.1, -0.05) is 24.3 Å². The van der Waals surface area contributed by atoms with E-state index in [1.54, 1.807) is 7.11 Å². The van der Waals surface area contributed by atoms with E-state index in [2.05, 4.69) is 36.1 Å². The van der Waals surface area contributed by atoms with E-state index >= 15 is 0 Å². The smallest absolute Gasteiger partial charge is 0.0716 e. The molecule has 1 saturated heterocycles. The highest BCUT2D eigenvalue weighted by Crippen LogP contribution is 2.21. The van der Waals surface area contributed by atoms with E-state index in [4.69, 9.17) is 10.5 Å². The Labute approximate surface area is 116 Å². The summed E-state index contributed by atoms with van der Waals surface area (Å²) < 4.78 is 5.28. The third-order valence-corrected chi connectivity index (χ3v) is 4.10. The van der Waals surface area contributed by atoms with Gasteiger partial charge < -0.3 is 10.5 Å². The van der Waals surface area contributed by atoms with Gasteiger partial charge in [0.25, 0.3) is 0 Å². The lowest BCUT2D eigenvalue weighted by molar-refractivity contribution is 0.150. The molecular formula is C16H26N2O. The van der Waals surface area contributed by atoms with Crippen LogP contribution in [0.5, 0.6) is 0 Å². The third kappa shape index (κ3) is 4.03. The molecule has 1 fully saturated rings. The Balaban J connectivity index is 2.00. The summed E-state index contributed by atoms with van der Waals surface area (Å²) in [5.74, 6) is 0.642. The van der Waals surface area contributed by atoms with Crippen LogP contribution in [-0.4, -0.2) is 31.1 Å². The maximum Gasteiger partial charge on any atom is 0.0716 e. The van der Waals surface area contributed by atoms with Crippen LogP contribution in [0.4, 0.5) is 0 Å². The number of rotatable bonds is 5. The zero-order valence-electron chi connectivity index (χ0n) is 12.1. The van der Waals surface area contributed by atoms with Gasteiger partial charge in [-0.15, -0.1) is 0 Å². The first-order chi connectivity index (χ1) is 9.20. The molecule has 106 valence electrons. The van der Waals surface area contributed by atoms with Crippen LogP contribution >= 0.6 is 0 Å². The quantitative estimate of drug-likeness (QED) is 0.885. The van der Waals surface area contributed by atoms with Crippen LogP contribution in [0, 0.1) is 5.92 Å². The lowest BCUT2D eigenvalue weighted by atomic mass is 9.92. The van der Waals surface area contributed by atoms with Crippen LogP contribution in [0.3, 0.4) is 0 Å². The van der Waals surface area contributed by atoms with Crippen molar-refractivity contribution in [3.63, 3.8) is 0 Å². The van der Waals surface area contributed by atoms with Crippen molar-refractivity contribution in [1.82, 2.24) is 4.90 Å². The second-order valence-corrected chi connectivity index (χ2v) is 5.70. The minimum absolute atomic E-state index is 0.303. The summed E-state index contributed by atoms with van der Waals surface area (Å²) in [6.07, 6.45) is 2.53. The predicted octanol–water partition coefficient (Wildman–Crippen LogP) is 2.39. The molecule has 1 aromatic rings. The molecule has 0 spiro atoms. The summed E-state index contributed by atoms with van der Waals surface area (Å²) in [6, 6.07) is 8.87. The molecule has 0 saturated carbocycles. The normalized spacial score (nSPS) is 22.4. The van der Waals surface area contributed by atoms with Crippen molar-refractivity contribution < 1.29 is 4.74 Å². The highest BCUT2D eigenvalue weighted by molar-refractivity contribution is 5.26. The molecule has 2 rings (SSSR count). The Morgan fingerprint density at radius 3 is 2.79 bits per heavy atom. The van der Waals surface area contributed by atoms with E-state index in [0.717, 1.165) is 13.1 Å². The first-order valence-corrected chi connectivity index (χ1v) is 7.24. The monoisotopic (exact) mass is 262 g/mol. The minimum Gasteiger partial charge on any atom is -0.380 e. The molecule has 2 unspecified atom stereocenters. The number of likely N-dealkylation sites (tertiary alicyclic amines) is 1. The first-order valence-electron chi connectivity index (χ1n) is 7.24. The SMILES string of the molecule is COCc1ccccc1CN1CCCC(C(C)N)C1. The highest BCUT2D eigenvalue weighted by atomic mass is 16.5. The van der Waals surface area contributed by atoms with Crippen molar-refractivity contribution in [1.29, 1.82) is 0 Å². The number of ether oxygens (including phenoxy) is 1. The molecular weight excluding hydrogens is 236 g/mol. The van der Waals surface area contributed by atoms with Gasteiger partial charge in [0.15, 0.2) is 0 Å². The molecule has 0 amide bonds.